The predicted octanol–water partition coefficient (Wildman–Crippen LogP) is 2.20. The first-order valence-corrected chi connectivity index (χ1v) is 7.02. The normalized spacial score (nSPS) is 11.0. The van der Waals surface area contributed by atoms with E-state index >= 15 is 0 Å². The van der Waals surface area contributed by atoms with Crippen LogP contribution in [0.15, 0.2) is 48.8 Å². The summed E-state index contributed by atoms with van der Waals surface area (Å²) in [5.41, 5.74) is 4.52. The van der Waals surface area contributed by atoms with Crippen LogP contribution in [-0.4, -0.2) is 19.6 Å². The Morgan fingerprint density at radius 2 is 1.90 bits per heavy atom. The maximum atomic E-state index is 4.57. The molecule has 0 spiro atoms. The Kier molecular flexibility index (Phi) is 3.83. The molecule has 0 saturated heterocycles. The van der Waals surface area contributed by atoms with Gasteiger partial charge in [-0.05, 0) is 25.1 Å². The lowest BCUT2D eigenvalue weighted by atomic mass is 10.2. The van der Waals surface area contributed by atoms with Gasteiger partial charge in [-0.1, -0.05) is 18.2 Å². The van der Waals surface area contributed by atoms with Crippen LogP contribution in [0.5, 0.6) is 0 Å². The summed E-state index contributed by atoms with van der Waals surface area (Å²) < 4.78 is 3.79. The Morgan fingerprint density at radius 1 is 1.10 bits per heavy atom. The topological polar surface area (TPSA) is 47.7 Å². The van der Waals surface area contributed by atoms with E-state index in [1.807, 2.05) is 65.2 Å². The number of rotatable bonds is 5. The molecule has 0 fully saturated rings. The SMILES string of the molecule is Cc1c(CNCc2ccn(-c3ccccc3)n2)cnn1C. The summed E-state index contributed by atoms with van der Waals surface area (Å²) in [6.07, 6.45) is 3.90. The fourth-order valence-electron chi connectivity index (χ4n) is 2.22. The van der Waals surface area contributed by atoms with Crippen molar-refractivity contribution in [2.45, 2.75) is 20.0 Å². The van der Waals surface area contributed by atoms with Gasteiger partial charge in [0.05, 0.1) is 17.6 Å². The minimum absolute atomic E-state index is 0.744. The second-order valence-electron chi connectivity index (χ2n) is 5.07. The third-order valence-electron chi connectivity index (χ3n) is 3.62. The van der Waals surface area contributed by atoms with Gasteiger partial charge in [0, 0.05) is 37.6 Å². The summed E-state index contributed by atoms with van der Waals surface area (Å²) in [6.45, 7) is 3.63. The molecule has 0 saturated carbocycles. The summed E-state index contributed by atoms with van der Waals surface area (Å²) in [4.78, 5) is 0. The summed E-state index contributed by atoms with van der Waals surface area (Å²) in [5.74, 6) is 0. The van der Waals surface area contributed by atoms with Crippen molar-refractivity contribution in [3.05, 3.63) is 65.7 Å². The minimum Gasteiger partial charge on any atom is -0.307 e. The first-order valence-electron chi connectivity index (χ1n) is 7.02. The van der Waals surface area contributed by atoms with E-state index in [0.29, 0.717) is 0 Å². The number of para-hydroxylation sites is 1. The second kappa shape index (κ2) is 5.93. The highest BCUT2D eigenvalue weighted by Crippen LogP contribution is 2.08. The molecule has 21 heavy (non-hydrogen) atoms. The van der Waals surface area contributed by atoms with E-state index in [0.717, 1.165) is 24.5 Å². The molecule has 0 aliphatic rings. The predicted molar refractivity (Wildman–Crippen MR) is 82.1 cm³/mol. The Morgan fingerprint density at radius 3 is 2.62 bits per heavy atom. The molecule has 2 heterocycles. The van der Waals surface area contributed by atoms with Gasteiger partial charge >= 0.3 is 0 Å². The monoisotopic (exact) mass is 281 g/mol. The molecule has 0 aliphatic carbocycles. The van der Waals surface area contributed by atoms with Crippen molar-refractivity contribution in [3.63, 3.8) is 0 Å². The number of benzene rings is 1. The van der Waals surface area contributed by atoms with E-state index in [1.165, 1.54) is 11.3 Å². The standard InChI is InChI=1S/C16H19N5/c1-13-14(11-18-20(13)2)10-17-12-15-8-9-21(19-15)16-6-4-3-5-7-16/h3-9,11,17H,10,12H2,1-2H3. The smallest absolute Gasteiger partial charge is 0.0766 e. The number of hydrogen-bond acceptors (Lipinski definition) is 3. The van der Waals surface area contributed by atoms with Crippen molar-refractivity contribution in [2.75, 3.05) is 0 Å². The maximum Gasteiger partial charge on any atom is 0.0766 e. The molecule has 3 rings (SSSR count). The zero-order valence-electron chi connectivity index (χ0n) is 12.3. The molecular formula is C16H19N5. The van der Waals surface area contributed by atoms with Crippen molar-refractivity contribution in [3.8, 4) is 5.69 Å². The molecular weight excluding hydrogens is 262 g/mol. The lowest BCUT2D eigenvalue weighted by Crippen LogP contribution is -2.14. The van der Waals surface area contributed by atoms with Crippen LogP contribution in [-0.2, 0) is 20.1 Å². The quantitative estimate of drug-likeness (QED) is 0.780. The van der Waals surface area contributed by atoms with Crippen molar-refractivity contribution in [1.29, 1.82) is 0 Å². The van der Waals surface area contributed by atoms with E-state index in [9.17, 15) is 0 Å². The van der Waals surface area contributed by atoms with Crippen LogP contribution in [0.1, 0.15) is 17.0 Å². The average molecular weight is 281 g/mol. The van der Waals surface area contributed by atoms with Crippen molar-refractivity contribution >= 4 is 0 Å². The zero-order chi connectivity index (χ0) is 14.7. The van der Waals surface area contributed by atoms with Gasteiger partial charge in [-0.2, -0.15) is 10.2 Å². The molecule has 5 heteroatoms. The van der Waals surface area contributed by atoms with Gasteiger partial charge in [-0.3, -0.25) is 4.68 Å². The first-order chi connectivity index (χ1) is 10.2. The Hall–Kier alpha value is -2.40. The Balaban J connectivity index is 1.59. The van der Waals surface area contributed by atoms with E-state index < -0.39 is 0 Å². The van der Waals surface area contributed by atoms with E-state index in [1.54, 1.807) is 0 Å². The minimum atomic E-state index is 0.744. The highest BCUT2D eigenvalue weighted by molar-refractivity contribution is 5.30. The fraction of sp³-hybridized carbons (Fsp3) is 0.250. The molecule has 0 aliphatic heterocycles. The van der Waals surface area contributed by atoms with Gasteiger partial charge in [0.1, 0.15) is 0 Å². The molecule has 0 amide bonds. The molecule has 1 N–H and O–H groups in total. The number of aromatic nitrogens is 4. The number of nitrogens with zero attached hydrogens (tertiary/aromatic N) is 4. The second-order valence-corrected chi connectivity index (χ2v) is 5.07. The lowest BCUT2D eigenvalue weighted by Gasteiger charge is -2.03. The molecule has 3 aromatic rings. The molecule has 5 nitrogen and oxygen atoms in total. The van der Waals surface area contributed by atoms with Crippen LogP contribution in [0.25, 0.3) is 5.69 Å². The molecule has 0 radical (unpaired) electrons. The van der Waals surface area contributed by atoms with Crippen LogP contribution in [0.3, 0.4) is 0 Å². The van der Waals surface area contributed by atoms with E-state index in [-0.39, 0.29) is 0 Å². The zero-order valence-corrected chi connectivity index (χ0v) is 12.3. The summed E-state index contributed by atoms with van der Waals surface area (Å²) in [5, 5.41) is 12.2. The largest absolute Gasteiger partial charge is 0.307 e. The molecule has 2 aromatic heterocycles. The van der Waals surface area contributed by atoms with E-state index in [2.05, 4.69) is 22.4 Å². The summed E-state index contributed by atoms with van der Waals surface area (Å²) in [7, 11) is 1.96. The van der Waals surface area contributed by atoms with Crippen LogP contribution >= 0.6 is 0 Å². The number of hydrogen-bond donors (Lipinski definition) is 1. The number of aryl methyl sites for hydroxylation is 1. The van der Waals surface area contributed by atoms with Crippen LogP contribution in [0.4, 0.5) is 0 Å². The molecule has 108 valence electrons. The van der Waals surface area contributed by atoms with Crippen molar-refractivity contribution < 1.29 is 0 Å². The molecule has 0 atom stereocenters. The van der Waals surface area contributed by atoms with Gasteiger partial charge in [-0.15, -0.1) is 0 Å². The van der Waals surface area contributed by atoms with Crippen LogP contribution in [0, 0.1) is 6.92 Å². The van der Waals surface area contributed by atoms with Crippen molar-refractivity contribution in [1.82, 2.24) is 24.9 Å². The highest BCUT2D eigenvalue weighted by Gasteiger charge is 2.04. The Bertz CT molecular complexity index is 711. The summed E-state index contributed by atoms with van der Waals surface area (Å²) >= 11 is 0. The fourth-order valence-corrected chi connectivity index (χ4v) is 2.22. The van der Waals surface area contributed by atoms with Crippen LogP contribution in [0.2, 0.25) is 0 Å². The third-order valence-corrected chi connectivity index (χ3v) is 3.62. The lowest BCUT2D eigenvalue weighted by molar-refractivity contribution is 0.664. The van der Waals surface area contributed by atoms with Crippen LogP contribution < -0.4 is 5.32 Å². The third kappa shape index (κ3) is 3.03. The summed E-state index contributed by atoms with van der Waals surface area (Å²) in [6, 6.07) is 12.2. The van der Waals surface area contributed by atoms with Gasteiger partial charge in [-0.25, -0.2) is 4.68 Å². The van der Waals surface area contributed by atoms with Gasteiger partial charge in [0.15, 0.2) is 0 Å². The van der Waals surface area contributed by atoms with Gasteiger partial charge < -0.3 is 5.32 Å². The van der Waals surface area contributed by atoms with Gasteiger partial charge in [0.2, 0.25) is 0 Å². The van der Waals surface area contributed by atoms with Crippen molar-refractivity contribution in [2.24, 2.45) is 7.05 Å². The maximum absolute atomic E-state index is 4.57. The molecule has 1 aromatic carbocycles. The first kappa shape index (κ1) is 13.6. The van der Waals surface area contributed by atoms with Gasteiger partial charge in [0.25, 0.3) is 0 Å². The highest BCUT2D eigenvalue weighted by atomic mass is 15.3. The molecule has 0 bridgehead atoms. The molecule has 0 unspecified atom stereocenters. The average Bonchev–Trinajstić information content (AvgIpc) is 3.10. The number of nitrogens with one attached hydrogen (secondary N) is 1. The van der Waals surface area contributed by atoms with E-state index in [4.69, 9.17) is 0 Å². The Labute approximate surface area is 124 Å².